The van der Waals surface area contributed by atoms with E-state index in [9.17, 15) is 10.5 Å². The van der Waals surface area contributed by atoms with Crippen LogP contribution < -0.4 is 0 Å². The van der Waals surface area contributed by atoms with Crippen LogP contribution in [0.25, 0.3) is 0 Å². The van der Waals surface area contributed by atoms with Crippen LogP contribution in [0.3, 0.4) is 0 Å². The maximum atomic E-state index is 9.48. The fourth-order valence-electron chi connectivity index (χ4n) is 3.32. The summed E-state index contributed by atoms with van der Waals surface area (Å²) in [5, 5.41) is 18.9. The number of rotatable bonds is 9. The van der Waals surface area contributed by atoms with Crippen LogP contribution in [0.15, 0.2) is 60.7 Å². The molecule has 2 N–H and O–H groups in total. The Morgan fingerprint density at radius 1 is 0.800 bits per heavy atom. The third-order valence-corrected chi connectivity index (χ3v) is 5.02. The Morgan fingerprint density at radius 2 is 1.24 bits per heavy atom. The zero-order chi connectivity index (χ0) is 18.3. The first kappa shape index (κ1) is 19.6. The lowest BCUT2D eigenvalue weighted by molar-refractivity contribution is -0.331. The van der Waals surface area contributed by atoms with Gasteiger partial charge in [0.2, 0.25) is 0 Å². The van der Waals surface area contributed by atoms with Gasteiger partial charge in [0.25, 0.3) is 0 Å². The van der Waals surface area contributed by atoms with Gasteiger partial charge >= 0.3 is 0 Å². The minimum Gasteiger partial charge on any atom is -0.251 e. The maximum Gasteiger partial charge on any atom is 0.126 e. The average Bonchev–Trinajstić information content (AvgIpc) is 2.67. The van der Waals surface area contributed by atoms with Gasteiger partial charge in [0.15, 0.2) is 0 Å². The van der Waals surface area contributed by atoms with Crippen LogP contribution >= 0.6 is 0 Å². The molecule has 2 aromatic carbocycles. The van der Waals surface area contributed by atoms with Crippen LogP contribution in [0.5, 0.6) is 0 Å². The second-order valence-electron chi connectivity index (χ2n) is 7.22. The molecule has 0 heterocycles. The van der Waals surface area contributed by atoms with Gasteiger partial charge in [0.05, 0.1) is 0 Å². The van der Waals surface area contributed by atoms with E-state index in [1.54, 1.807) is 0 Å². The molecule has 2 aromatic rings. The molecule has 25 heavy (non-hydrogen) atoms. The van der Waals surface area contributed by atoms with E-state index in [2.05, 4.69) is 6.92 Å². The molecule has 0 saturated heterocycles. The summed E-state index contributed by atoms with van der Waals surface area (Å²) in [5.41, 5.74) is 0.366. The second kappa shape index (κ2) is 8.59. The van der Waals surface area contributed by atoms with Crippen molar-refractivity contribution in [1.29, 1.82) is 0 Å². The molecular weight excluding hydrogens is 316 g/mol. The van der Waals surface area contributed by atoms with E-state index in [1.807, 2.05) is 74.5 Å². The van der Waals surface area contributed by atoms with E-state index >= 15 is 0 Å². The van der Waals surface area contributed by atoms with Crippen LogP contribution in [-0.4, -0.2) is 10.5 Å². The molecule has 3 unspecified atom stereocenters. The molecule has 3 atom stereocenters. The highest BCUT2D eigenvalue weighted by Gasteiger charge is 2.33. The van der Waals surface area contributed by atoms with E-state index in [-0.39, 0.29) is 5.92 Å². The van der Waals surface area contributed by atoms with Crippen LogP contribution in [-0.2, 0) is 21.0 Å². The zero-order valence-corrected chi connectivity index (χ0v) is 15.2. The van der Waals surface area contributed by atoms with Gasteiger partial charge in [-0.3, -0.25) is 10.5 Å². The third-order valence-electron chi connectivity index (χ3n) is 5.02. The minimum atomic E-state index is -0.760. The lowest BCUT2D eigenvalue weighted by atomic mass is 9.82. The van der Waals surface area contributed by atoms with Crippen molar-refractivity contribution in [2.24, 2.45) is 5.92 Å². The van der Waals surface area contributed by atoms with E-state index < -0.39 is 11.2 Å². The average molecular weight is 344 g/mol. The van der Waals surface area contributed by atoms with E-state index in [0.29, 0.717) is 12.8 Å². The minimum absolute atomic E-state index is 0.260. The molecule has 2 rings (SSSR count). The molecule has 0 saturated carbocycles. The lowest BCUT2D eigenvalue weighted by Gasteiger charge is -2.32. The topological polar surface area (TPSA) is 58.9 Å². The Bertz CT molecular complexity index is 631. The normalized spacial score (nSPS) is 17.5. The Morgan fingerprint density at radius 3 is 1.68 bits per heavy atom. The largest absolute Gasteiger partial charge is 0.251 e. The summed E-state index contributed by atoms with van der Waals surface area (Å²) in [5.74, 6) is 0.260. The molecule has 136 valence electrons. The van der Waals surface area contributed by atoms with Crippen molar-refractivity contribution in [3.05, 3.63) is 71.8 Å². The number of hydrogen-bond donors (Lipinski definition) is 2. The van der Waals surface area contributed by atoms with Crippen LogP contribution in [0.4, 0.5) is 0 Å². The van der Waals surface area contributed by atoms with Crippen molar-refractivity contribution in [3.63, 3.8) is 0 Å². The van der Waals surface area contributed by atoms with Gasteiger partial charge in [-0.25, -0.2) is 9.78 Å². The Kier molecular flexibility index (Phi) is 6.73. The van der Waals surface area contributed by atoms with Crippen molar-refractivity contribution in [2.75, 3.05) is 0 Å². The molecule has 0 spiro atoms. The molecule has 0 bridgehead atoms. The van der Waals surface area contributed by atoms with Crippen LogP contribution in [0.1, 0.15) is 51.2 Å². The van der Waals surface area contributed by atoms with Gasteiger partial charge < -0.3 is 0 Å². The van der Waals surface area contributed by atoms with Gasteiger partial charge in [0, 0.05) is 0 Å². The first-order valence-corrected chi connectivity index (χ1v) is 8.70. The summed E-state index contributed by atoms with van der Waals surface area (Å²) in [6.07, 6.45) is 2.13. The van der Waals surface area contributed by atoms with Crippen LogP contribution in [0.2, 0.25) is 0 Å². The summed E-state index contributed by atoms with van der Waals surface area (Å²) < 4.78 is 0. The predicted molar refractivity (Wildman–Crippen MR) is 98.0 cm³/mol. The predicted octanol–water partition coefficient (Wildman–Crippen LogP) is 5.60. The smallest absolute Gasteiger partial charge is 0.126 e. The first-order valence-electron chi connectivity index (χ1n) is 8.70. The van der Waals surface area contributed by atoms with Gasteiger partial charge in [-0.1, -0.05) is 67.6 Å². The zero-order valence-electron chi connectivity index (χ0n) is 15.2. The second-order valence-corrected chi connectivity index (χ2v) is 7.22. The lowest BCUT2D eigenvalue weighted by Crippen LogP contribution is -2.29. The molecule has 0 radical (unpaired) electrons. The SMILES string of the molecule is CC(CCC(C)(OO)c1ccccc1)CC(C)(OO)c1ccccc1. The summed E-state index contributed by atoms with van der Waals surface area (Å²) in [4.78, 5) is 9.69. The van der Waals surface area contributed by atoms with E-state index in [4.69, 9.17) is 9.78 Å². The van der Waals surface area contributed by atoms with Crippen LogP contribution in [0, 0.1) is 5.92 Å². The molecule has 4 nitrogen and oxygen atoms in total. The van der Waals surface area contributed by atoms with Crippen molar-refractivity contribution < 1.29 is 20.3 Å². The van der Waals surface area contributed by atoms with Crippen molar-refractivity contribution in [3.8, 4) is 0 Å². The molecule has 0 aliphatic heterocycles. The quantitative estimate of drug-likeness (QED) is 0.459. The summed E-state index contributed by atoms with van der Waals surface area (Å²) in [6.45, 7) is 5.88. The highest BCUT2D eigenvalue weighted by atomic mass is 17.1. The fraction of sp³-hybridized carbons (Fsp3) is 0.429. The summed E-state index contributed by atoms with van der Waals surface area (Å²) >= 11 is 0. The molecule has 0 fully saturated rings. The van der Waals surface area contributed by atoms with Crippen molar-refractivity contribution >= 4 is 0 Å². The fourth-order valence-corrected chi connectivity index (χ4v) is 3.32. The Labute approximate surface area is 149 Å². The van der Waals surface area contributed by atoms with Crippen molar-refractivity contribution in [1.82, 2.24) is 0 Å². The van der Waals surface area contributed by atoms with Gasteiger partial charge in [-0.2, -0.15) is 0 Å². The highest BCUT2D eigenvalue weighted by molar-refractivity contribution is 5.22. The molecule has 0 aliphatic rings. The first-order chi connectivity index (χ1) is 11.9. The van der Waals surface area contributed by atoms with Gasteiger partial charge in [0.1, 0.15) is 11.2 Å². The van der Waals surface area contributed by atoms with Crippen molar-refractivity contribution in [2.45, 2.75) is 51.2 Å². The molecule has 0 aliphatic carbocycles. The Balaban J connectivity index is 2.02. The molecule has 0 amide bonds. The summed E-state index contributed by atoms with van der Waals surface area (Å²) in [6, 6.07) is 19.4. The molecule has 4 heteroatoms. The molecule has 0 aromatic heterocycles. The highest BCUT2D eigenvalue weighted by Crippen LogP contribution is 2.36. The number of benzene rings is 2. The Hall–Kier alpha value is -1.72. The maximum absolute atomic E-state index is 9.48. The number of hydrogen-bond acceptors (Lipinski definition) is 4. The summed E-state index contributed by atoms with van der Waals surface area (Å²) in [7, 11) is 0. The molecular formula is C21H28O4. The monoisotopic (exact) mass is 344 g/mol. The van der Waals surface area contributed by atoms with Gasteiger partial charge in [-0.15, -0.1) is 0 Å². The van der Waals surface area contributed by atoms with E-state index in [0.717, 1.165) is 17.5 Å². The standard InChI is InChI=1S/C21H28O4/c1-17(16-21(3,25-23)19-12-8-5-9-13-19)14-15-20(2,24-22)18-10-6-4-7-11-18/h4-13,17,22-23H,14-16H2,1-3H3. The van der Waals surface area contributed by atoms with Gasteiger partial charge in [-0.05, 0) is 50.2 Å². The third kappa shape index (κ3) is 4.89. The van der Waals surface area contributed by atoms with E-state index in [1.165, 1.54) is 0 Å².